The molecule has 0 N–H and O–H groups in total. The van der Waals surface area contributed by atoms with Crippen molar-refractivity contribution in [3.8, 4) is 0 Å². The van der Waals surface area contributed by atoms with E-state index in [-0.39, 0.29) is 0 Å². The third kappa shape index (κ3) is 3.40. The van der Waals surface area contributed by atoms with Gasteiger partial charge in [0.05, 0.1) is 5.41 Å². The van der Waals surface area contributed by atoms with Crippen LogP contribution in [0.1, 0.15) is 32.8 Å². The molecule has 0 aliphatic rings. The molecule has 0 radical (unpaired) electrons. The van der Waals surface area contributed by atoms with E-state index >= 15 is 0 Å². The normalized spacial score (nSPS) is 16.5. The fourth-order valence-electron chi connectivity index (χ4n) is 2.00. The summed E-state index contributed by atoms with van der Waals surface area (Å²) in [4.78, 5) is 13.7. The lowest BCUT2D eigenvalue weighted by molar-refractivity contribution is -0.112. The maximum absolute atomic E-state index is 11.4. The van der Waals surface area contributed by atoms with Crippen LogP contribution in [0.3, 0.4) is 0 Å². The molecule has 1 rings (SSSR count). The molecule has 0 fully saturated rings. The molecule has 0 amide bonds. The summed E-state index contributed by atoms with van der Waals surface area (Å²) in [5.74, 6) is 0. The molecule has 0 saturated carbocycles. The maximum atomic E-state index is 11.4. The number of nitrogens with zero attached hydrogens (tertiary/aromatic N) is 1. The van der Waals surface area contributed by atoms with Crippen molar-refractivity contribution in [2.24, 2.45) is 0 Å². The zero-order chi connectivity index (χ0) is 12.9. The molecular formula is C15H23NO. The van der Waals surface area contributed by atoms with Crippen LogP contribution in [0.4, 0.5) is 0 Å². The van der Waals surface area contributed by atoms with Gasteiger partial charge in [0.2, 0.25) is 0 Å². The van der Waals surface area contributed by atoms with Crippen molar-refractivity contribution in [3.05, 3.63) is 35.9 Å². The van der Waals surface area contributed by atoms with Gasteiger partial charge < -0.3 is 9.69 Å². The highest BCUT2D eigenvalue weighted by atomic mass is 16.1. The minimum Gasteiger partial charge on any atom is -0.302 e. The summed E-state index contributed by atoms with van der Waals surface area (Å²) in [5.41, 5.74) is 0.671. The molecular weight excluding hydrogens is 210 g/mol. The number of rotatable bonds is 6. The summed E-state index contributed by atoms with van der Waals surface area (Å²) in [7, 11) is 2.08. The van der Waals surface area contributed by atoms with Crippen LogP contribution in [0, 0.1) is 0 Å². The summed E-state index contributed by atoms with van der Waals surface area (Å²) in [5, 5.41) is 0. The summed E-state index contributed by atoms with van der Waals surface area (Å²) >= 11 is 0. The third-order valence-electron chi connectivity index (χ3n) is 3.61. The Morgan fingerprint density at radius 1 is 1.35 bits per heavy atom. The number of likely N-dealkylation sites (N-methyl/N-ethyl adjacent to an activating group) is 1. The number of hydrogen-bond acceptors (Lipinski definition) is 2. The van der Waals surface area contributed by atoms with E-state index in [0.717, 1.165) is 24.8 Å². The van der Waals surface area contributed by atoms with Crippen molar-refractivity contribution in [3.63, 3.8) is 0 Å². The Morgan fingerprint density at radius 2 is 1.94 bits per heavy atom. The van der Waals surface area contributed by atoms with Gasteiger partial charge in [-0.1, -0.05) is 37.3 Å². The first-order valence-electron chi connectivity index (χ1n) is 6.25. The van der Waals surface area contributed by atoms with Gasteiger partial charge in [0.1, 0.15) is 6.29 Å². The lowest BCUT2D eigenvalue weighted by Crippen LogP contribution is -2.42. The first-order valence-corrected chi connectivity index (χ1v) is 6.25. The minimum atomic E-state index is -0.417. The van der Waals surface area contributed by atoms with Crippen molar-refractivity contribution in [2.75, 3.05) is 13.6 Å². The number of aldehydes is 1. The van der Waals surface area contributed by atoms with Crippen LogP contribution >= 0.6 is 0 Å². The van der Waals surface area contributed by atoms with Crippen LogP contribution in [-0.4, -0.2) is 30.8 Å². The monoisotopic (exact) mass is 233 g/mol. The van der Waals surface area contributed by atoms with Crippen molar-refractivity contribution >= 4 is 6.29 Å². The Labute approximate surface area is 105 Å². The fourth-order valence-corrected chi connectivity index (χ4v) is 2.00. The highest BCUT2D eigenvalue weighted by Gasteiger charge is 2.28. The average molecular weight is 233 g/mol. The Morgan fingerprint density at radius 3 is 2.41 bits per heavy atom. The smallest absolute Gasteiger partial charge is 0.131 e. The van der Waals surface area contributed by atoms with Crippen molar-refractivity contribution in [1.82, 2.24) is 4.90 Å². The molecule has 1 aromatic rings. The second kappa shape index (κ2) is 5.97. The lowest BCUT2D eigenvalue weighted by atomic mass is 9.83. The summed E-state index contributed by atoms with van der Waals surface area (Å²) in [6, 6.07) is 10.5. The van der Waals surface area contributed by atoms with Crippen molar-refractivity contribution < 1.29 is 4.79 Å². The van der Waals surface area contributed by atoms with Crippen molar-refractivity contribution in [2.45, 2.75) is 38.6 Å². The van der Waals surface area contributed by atoms with E-state index in [9.17, 15) is 4.79 Å². The molecule has 0 bridgehead atoms. The van der Waals surface area contributed by atoms with Gasteiger partial charge in [0.15, 0.2) is 0 Å². The van der Waals surface area contributed by atoms with Gasteiger partial charge in [-0.3, -0.25) is 0 Å². The molecule has 0 saturated heterocycles. The maximum Gasteiger partial charge on any atom is 0.131 e. The molecule has 2 heteroatoms. The molecule has 2 nitrogen and oxygen atoms in total. The minimum absolute atomic E-state index is 0.417. The van der Waals surface area contributed by atoms with Gasteiger partial charge in [-0.15, -0.1) is 0 Å². The van der Waals surface area contributed by atoms with E-state index < -0.39 is 5.41 Å². The van der Waals surface area contributed by atoms with E-state index in [2.05, 4.69) is 25.8 Å². The van der Waals surface area contributed by atoms with Gasteiger partial charge in [0.25, 0.3) is 0 Å². The van der Waals surface area contributed by atoms with Gasteiger partial charge in [-0.25, -0.2) is 0 Å². The van der Waals surface area contributed by atoms with Crippen molar-refractivity contribution in [1.29, 1.82) is 0 Å². The Balaban J connectivity index is 2.87. The number of carbonyl (C=O) groups excluding carboxylic acids is 1. The zero-order valence-electron chi connectivity index (χ0n) is 11.3. The number of benzene rings is 1. The molecule has 0 aromatic heterocycles. The van der Waals surface area contributed by atoms with E-state index in [1.807, 2.05) is 37.3 Å². The van der Waals surface area contributed by atoms with Gasteiger partial charge in [0, 0.05) is 12.6 Å². The predicted octanol–water partition coefficient (Wildman–Crippen LogP) is 2.87. The van der Waals surface area contributed by atoms with E-state index in [1.54, 1.807) is 0 Å². The van der Waals surface area contributed by atoms with Gasteiger partial charge >= 0.3 is 0 Å². The van der Waals surface area contributed by atoms with Crippen LogP contribution in [0.5, 0.6) is 0 Å². The second-order valence-electron chi connectivity index (χ2n) is 5.07. The summed E-state index contributed by atoms with van der Waals surface area (Å²) in [6.45, 7) is 7.13. The molecule has 94 valence electrons. The van der Waals surface area contributed by atoms with Crippen LogP contribution in [0.15, 0.2) is 30.3 Å². The Kier molecular flexibility index (Phi) is 4.88. The third-order valence-corrected chi connectivity index (χ3v) is 3.61. The standard InChI is InChI=1S/C15H23NO/c1-5-13(2)16(4)11-15(3,12-17)14-9-7-6-8-10-14/h6-10,12-13H,5,11H2,1-4H3. The summed E-state index contributed by atoms with van der Waals surface area (Å²) in [6.07, 6.45) is 2.17. The highest BCUT2D eigenvalue weighted by Crippen LogP contribution is 2.23. The Hall–Kier alpha value is -1.15. The molecule has 17 heavy (non-hydrogen) atoms. The molecule has 0 spiro atoms. The van der Waals surface area contributed by atoms with E-state index in [0.29, 0.717) is 6.04 Å². The molecule has 0 aliphatic heterocycles. The van der Waals surface area contributed by atoms with Crippen LogP contribution in [-0.2, 0) is 10.2 Å². The van der Waals surface area contributed by atoms with Crippen LogP contribution in [0.2, 0.25) is 0 Å². The summed E-state index contributed by atoms with van der Waals surface area (Å²) < 4.78 is 0. The first-order chi connectivity index (χ1) is 8.03. The SMILES string of the molecule is CCC(C)N(C)CC(C)(C=O)c1ccccc1. The van der Waals surface area contributed by atoms with E-state index in [4.69, 9.17) is 0 Å². The fraction of sp³-hybridized carbons (Fsp3) is 0.533. The number of carbonyl (C=O) groups is 1. The predicted molar refractivity (Wildman–Crippen MR) is 72.2 cm³/mol. The Bertz CT molecular complexity index is 349. The molecule has 2 unspecified atom stereocenters. The molecule has 0 heterocycles. The van der Waals surface area contributed by atoms with Crippen LogP contribution in [0.25, 0.3) is 0 Å². The zero-order valence-corrected chi connectivity index (χ0v) is 11.3. The first kappa shape index (κ1) is 13.9. The molecule has 0 aliphatic carbocycles. The topological polar surface area (TPSA) is 20.3 Å². The molecule has 1 aromatic carbocycles. The quantitative estimate of drug-likeness (QED) is 0.704. The lowest BCUT2D eigenvalue weighted by Gasteiger charge is -2.32. The van der Waals surface area contributed by atoms with Crippen LogP contribution < -0.4 is 0 Å². The van der Waals surface area contributed by atoms with Gasteiger partial charge in [-0.2, -0.15) is 0 Å². The largest absolute Gasteiger partial charge is 0.302 e. The average Bonchev–Trinajstić information content (AvgIpc) is 2.38. The van der Waals surface area contributed by atoms with E-state index in [1.165, 1.54) is 0 Å². The number of hydrogen-bond donors (Lipinski definition) is 0. The highest BCUT2D eigenvalue weighted by molar-refractivity contribution is 5.68. The second-order valence-corrected chi connectivity index (χ2v) is 5.07. The molecule has 2 atom stereocenters. The van der Waals surface area contributed by atoms with Gasteiger partial charge in [-0.05, 0) is 32.9 Å².